The highest BCUT2D eigenvalue weighted by atomic mass is 16.5. The lowest BCUT2D eigenvalue weighted by atomic mass is 10.1. The molecule has 0 saturated heterocycles. The van der Waals surface area contributed by atoms with E-state index in [2.05, 4.69) is 0 Å². The average Bonchev–Trinajstić information content (AvgIpc) is 2.90. The van der Waals surface area contributed by atoms with Gasteiger partial charge in [0.1, 0.15) is 12.4 Å². The molecule has 4 nitrogen and oxygen atoms in total. The van der Waals surface area contributed by atoms with Gasteiger partial charge in [0.05, 0.1) is 16.8 Å². The fourth-order valence-corrected chi connectivity index (χ4v) is 2.90. The first-order valence-corrected chi connectivity index (χ1v) is 7.64. The Morgan fingerprint density at radius 3 is 2.65 bits per heavy atom. The third-order valence-corrected chi connectivity index (χ3v) is 3.93. The zero-order chi connectivity index (χ0) is 16.4. The largest absolute Gasteiger partial charge is 0.487 e. The summed E-state index contributed by atoms with van der Waals surface area (Å²) in [6, 6.07) is 15.2. The Kier molecular flexibility index (Phi) is 4.06. The molecular formula is C19H19NO3. The zero-order valence-electron chi connectivity index (χ0n) is 13.2. The van der Waals surface area contributed by atoms with Crippen molar-refractivity contribution < 1.29 is 14.6 Å². The summed E-state index contributed by atoms with van der Waals surface area (Å²) in [6.07, 6.45) is 0. The number of hydrogen-bond acceptors (Lipinski definition) is 2. The number of fused-ring (bicyclic) bond motifs is 1. The van der Waals surface area contributed by atoms with Crippen molar-refractivity contribution in [3.63, 3.8) is 0 Å². The molecule has 0 radical (unpaired) electrons. The highest BCUT2D eigenvalue weighted by Gasteiger charge is 2.15. The Bertz CT molecular complexity index is 864. The van der Waals surface area contributed by atoms with E-state index in [4.69, 9.17) is 4.74 Å². The van der Waals surface area contributed by atoms with Crippen LogP contribution in [-0.4, -0.2) is 15.6 Å². The normalized spacial score (nSPS) is 10.9. The smallest absolute Gasteiger partial charge is 0.337 e. The Labute approximate surface area is 134 Å². The van der Waals surface area contributed by atoms with Gasteiger partial charge in [0.2, 0.25) is 0 Å². The van der Waals surface area contributed by atoms with Crippen molar-refractivity contribution in [3.8, 4) is 5.75 Å². The fourth-order valence-electron chi connectivity index (χ4n) is 2.90. The minimum atomic E-state index is -0.908. The van der Waals surface area contributed by atoms with Gasteiger partial charge in [0, 0.05) is 11.9 Å². The lowest BCUT2D eigenvalue weighted by Crippen LogP contribution is -2.07. The van der Waals surface area contributed by atoms with Crippen LogP contribution in [0, 0.1) is 6.92 Å². The second-order valence-electron chi connectivity index (χ2n) is 5.53. The number of aromatic carboxylic acids is 1. The van der Waals surface area contributed by atoms with Crippen LogP contribution in [0.25, 0.3) is 10.9 Å². The van der Waals surface area contributed by atoms with E-state index in [1.807, 2.05) is 54.8 Å². The number of nitrogens with zero attached hydrogens (tertiary/aromatic N) is 1. The summed E-state index contributed by atoms with van der Waals surface area (Å²) in [6.45, 7) is 5.13. The van der Waals surface area contributed by atoms with E-state index in [9.17, 15) is 9.90 Å². The van der Waals surface area contributed by atoms with Crippen LogP contribution in [0.4, 0.5) is 0 Å². The first-order chi connectivity index (χ1) is 11.1. The van der Waals surface area contributed by atoms with Gasteiger partial charge >= 0.3 is 5.97 Å². The molecule has 23 heavy (non-hydrogen) atoms. The van der Waals surface area contributed by atoms with Crippen molar-refractivity contribution in [3.05, 3.63) is 65.4 Å². The lowest BCUT2D eigenvalue weighted by Gasteiger charge is -2.11. The van der Waals surface area contributed by atoms with Crippen molar-refractivity contribution in [2.75, 3.05) is 0 Å². The van der Waals surface area contributed by atoms with Gasteiger partial charge in [-0.15, -0.1) is 0 Å². The number of para-hydroxylation sites is 1. The SMILES string of the molecule is CCn1c(COc2cccc(C)c2)cc2cccc(C(=O)O)c21. The Morgan fingerprint density at radius 2 is 1.96 bits per heavy atom. The summed E-state index contributed by atoms with van der Waals surface area (Å²) in [5, 5.41) is 10.3. The maximum atomic E-state index is 11.5. The molecule has 0 saturated carbocycles. The maximum Gasteiger partial charge on any atom is 0.337 e. The van der Waals surface area contributed by atoms with Gasteiger partial charge in [-0.05, 0) is 43.7 Å². The van der Waals surface area contributed by atoms with Crippen molar-refractivity contribution in [2.24, 2.45) is 0 Å². The van der Waals surface area contributed by atoms with Gasteiger partial charge in [-0.25, -0.2) is 4.79 Å². The summed E-state index contributed by atoms with van der Waals surface area (Å²) >= 11 is 0. The number of hydrogen-bond donors (Lipinski definition) is 1. The molecule has 0 unspecified atom stereocenters. The van der Waals surface area contributed by atoms with Crippen LogP contribution < -0.4 is 4.74 Å². The maximum absolute atomic E-state index is 11.5. The quantitative estimate of drug-likeness (QED) is 0.766. The highest BCUT2D eigenvalue weighted by Crippen LogP contribution is 2.25. The van der Waals surface area contributed by atoms with Gasteiger partial charge in [-0.1, -0.05) is 24.3 Å². The Hall–Kier alpha value is -2.75. The number of aryl methyl sites for hydroxylation is 2. The van der Waals surface area contributed by atoms with Crippen LogP contribution in [0.2, 0.25) is 0 Å². The monoisotopic (exact) mass is 309 g/mol. The molecule has 0 amide bonds. The van der Waals surface area contributed by atoms with E-state index in [0.717, 1.165) is 27.9 Å². The third kappa shape index (κ3) is 2.93. The van der Waals surface area contributed by atoms with Crippen LogP contribution in [0.1, 0.15) is 28.5 Å². The fraction of sp³-hybridized carbons (Fsp3) is 0.211. The van der Waals surface area contributed by atoms with Gasteiger partial charge in [0.15, 0.2) is 0 Å². The molecule has 1 N–H and O–H groups in total. The minimum Gasteiger partial charge on any atom is -0.487 e. The molecule has 2 aromatic carbocycles. The van der Waals surface area contributed by atoms with Crippen molar-refractivity contribution in [2.45, 2.75) is 27.0 Å². The molecule has 118 valence electrons. The highest BCUT2D eigenvalue weighted by molar-refractivity contribution is 6.02. The summed E-state index contributed by atoms with van der Waals surface area (Å²) in [7, 11) is 0. The number of carbonyl (C=O) groups is 1. The molecule has 0 aliphatic rings. The predicted octanol–water partition coefficient (Wildman–Crippen LogP) is 4.25. The summed E-state index contributed by atoms with van der Waals surface area (Å²) in [5.41, 5.74) is 3.20. The molecule has 0 fully saturated rings. The summed E-state index contributed by atoms with van der Waals surface area (Å²) in [5.74, 6) is -0.0917. The van der Waals surface area contributed by atoms with E-state index in [1.54, 1.807) is 12.1 Å². The standard InChI is InChI=1S/C19H19NO3/c1-3-20-15(12-23-16-8-4-6-13(2)10-16)11-14-7-5-9-17(18(14)20)19(21)22/h4-11H,3,12H2,1-2H3,(H,21,22). The van der Waals surface area contributed by atoms with E-state index in [1.165, 1.54) is 0 Å². The molecule has 0 bridgehead atoms. The van der Waals surface area contributed by atoms with Crippen molar-refractivity contribution >= 4 is 16.9 Å². The Morgan fingerprint density at radius 1 is 1.17 bits per heavy atom. The van der Waals surface area contributed by atoms with Crippen LogP contribution in [0.15, 0.2) is 48.5 Å². The van der Waals surface area contributed by atoms with Gasteiger partial charge < -0.3 is 14.4 Å². The molecule has 1 aromatic heterocycles. The number of benzene rings is 2. The molecule has 0 spiro atoms. The van der Waals surface area contributed by atoms with Crippen molar-refractivity contribution in [1.29, 1.82) is 0 Å². The summed E-state index contributed by atoms with van der Waals surface area (Å²) in [4.78, 5) is 11.5. The molecule has 4 heteroatoms. The molecule has 1 heterocycles. The van der Waals surface area contributed by atoms with Crippen LogP contribution in [0.5, 0.6) is 5.75 Å². The second kappa shape index (κ2) is 6.16. The molecule has 0 atom stereocenters. The molecule has 0 aliphatic carbocycles. The topological polar surface area (TPSA) is 51.5 Å². The van der Waals surface area contributed by atoms with Crippen LogP contribution >= 0.6 is 0 Å². The average molecular weight is 309 g/mol. The van der Waals surface area contributed by atoms with Gasteiger partial charge in [-0.2, -0.15) is 0 Å². The molecule has 3 rings (SSSR count). The number of carboxylic acids is 1. The lowest BCUT2D eigenvalue weighted by molar-refractivity contribution is 0.0698. The molecular weight excluding hydrogens is 290 g/mol. The van der Waals surface area contributed by atoms with Crippen LogP contribution in [-0.2, 0) is 13.2 Å². The Balaban J connectivity index is 1.98. The van der Waals surface area contributed by atoms with Crippen molar-refractivity contribution in [1.82, 2.24) is 4.57 Å². The number of rotatable bonds is 5. The van der Waals surface area contributed by atoms with Crippen LogP contribution in [0.3, 0.4) is 0 Å². The first kappa shape index (κ1) is 15.2. The predicted molar refractivity (Wildman–Crippen MR) is 90.1 cm³/mol. The van der Waals surface area contributed by atoms with Gasteiger partial charge in [-0.3, -0.25) is 0 Å². The zero-order valence-corrected chi connectivity index (χ0v) is 13.2. The minimum absolute atomic E-state index is 0.325. The third-order valence-electron chi connectivity index (χ3n) is 3.93. The van der Waals surface area contributed by atoms with E-state index >= 15 is 0 Å². The van der Waals surface area contributed by atoms with E-state index in [-0.39, 0.29) is 0 Å². The number of aromatic nitrogens is 1. The first-order valence-electron chi connectivity index (χ1n) is 7.64. The number of ether oxygens (including phenoxy) is 1. The number of carboxylic acid groups (broad SMARTS) is 1. The molecule has 0 aliphatic heterocycles. The van der Waals surface area contributed by atoms with E-state index in [0.29, 0.717) is 18.7 Å². The van der Waals surface area contributed by atoms with E-state index < -0.39 is 5.97 Å². The molecule has 3 aromatic rings. The second-order valence-corrected chi connectivity index (χ2v) is 5.53. The van der Waals surface area contributed by atoms with Gasteiger partial charge in [0.25, 0.3) is 0 Å². The summed E-state index contributed by atoms with van der Waals surface area (Å²) < 4.78 is 7.89.